The number of carboxylic acids is 1. The SMILES string of the molecule is C=COCc1ccc(COC(=O)CC(=O)O)cc1. The maximum Gasteiger partial charge on any atom is 0.317 e. The fourth-order valence-electron chi connectivity index (χ4n) is 1.23. The van der Waals surface area contributed by atoms with E-state index in [9.17, 15) is 9.59 Å². The molecular formula is C13H14O5. The zero-order valence-electron chi connectivity index (χ0n) is 9.80. The summed E-state index contributed by atoms with van der Waals surface area (Å²) in [6, 6.07) is 7.25. The van der Waals surface area contributed by atoms with Crippen LogP contribution in [0.4, 0.5) is 0 Å². The second-order valence-electron chi connectivity index (χ2n) is 3.53. The number of benzene rings is 1. The van der Waals surface area contributed by atoms with Gasteiger partial charge in [-0.25, -0.2) is 0 Å². The first-order valence-corrected chi connectivity index (χ1v) is 5.29. The van der Waals surface area contributed by atoms with E-state index in [0.717, 1.165) is 11.1 Å². The molecule has 96 valence electrons. The Balaban J connectivity index is 2.41. The number of carbonyl (C=O) groups is 2. The highest BCUT2D eigenvalue weighted by Crippen LogP contribution is 2.07. The Hall–Kier alpha value is -2.30. The lowest BCUT2D eigenvalue weighted by Crippen LogP contribution is -2.10. The summed E-state index contributed by atoms with van der Waals surface area (Å²) in [5.41, 5.74) is 1.76. The van der Waals surface area contributed by atoms with Crippen molar-refractivity contribution in [1.82, 2.24) is 0 Å². The van der Waals surface area contributed by atoms with E-state index in [2.05, 4.69) is 6.58 Å². The van der Waals surface area contributed by atoms with Gasteiger partial charge in [-0.2, -0.15) is 0 Å². The summed E-state index contributed by atoms with van der Waals surface area (Å²) in [4.78, 5) is 21.2. The van der Waals surface area contributed by atoms with Crippen LogP contribution in [0.2, 0.25) is 0 Å². The molecule has 0 aliphatic heterocycles. The first-order chi connectivity index (χ1) is 8.61. The van der Waals surface area contributed by atoms with Gasteiger partial charge < -0.3 is 14.6 Å². The second kappa shape index (κ2) is 7.11. The van der Waals surface area contributed by atoms with Gasteiger partial charge in [0.1, 0.15) is 19.6 Å². The molecular weight excluding hydrogens is 236 g/mol. The minimum absolute atomic E-state index is 0.0642. The van der Waals surface area contributed by atoms with E-state index in [4.69, 9.17) is 14.6 Å². The van der Waals surface area contributed by atoms with Crippen molar-refractivity contribution in [2.45, 2.75) is 19.6 Å². The lowest BCUT2D eigenvalue weighted by Gasteiger charge is -2.05. The summed E-state index contributed by atoms with van der Waals surface area (Å²) in [6.07, 6.45) is 0.743. The molecule has 0 saturated heterocycles. The largest absolute Gasteiger partial charge is 0.497 e. The Morgan fingerprint density at radius 1 is 1.17 bits per heavy atom. The number of hydrogen-bond donors (Lipinski definition) is 1. The molecule has 0 saturated carbocycles. The van der Waals surface area contributed by atoms with E-state index in [1.807, 2.05) is 12.1 Å². The molecule has 0 aromatic heterocycles. The third-order valence-corrected chi connectivity index (χ3v) is 2.09. The molecule has 0 fully saturated rings. The quantitative estimate of drug-likeness (QED) is 0.454. The highest BCUT2D eigenvalue weighted by molar-refractivity contribution is 5.90. The van der Waals surface area contributed by atoms with Crippen LogP contribution in [0.1, 0.15) is 17.5 Å². The lowest BCUT2D eigenvalue weighted by atomic mass is 10.1. The second-order valence-corrected chi connectivity index (χ2v) is 3.53. The van der Waals surface area contributed by atoms with E-state index < -0.39 is 18.4 Å². The average Bonchev–Trinajstić information content (AvgIpc) is 2.34. The highest BCUT2D eigenvalue weighted by Gasteiger charge is 2.08. The first-order valence-electron chi connectivity index (χ1n) is 5.29. The molecule has 5 nitrogen and oxygen atoms in total. The zero-order valence-corrected chi connectivity index (χ0v) is 9.80. The Labute approximate surface area is 105 Å². The molecule has 18 heavy (non-hydrogen) atoms. The molecule has 0 unspecified atom stereocenters. The number of ether oxygens (including phenoxy) is 2. The van der Waals surface area contributed by atoms with Crippen molar-refractivity contribution in [1.29, 1.82) is 0 Å². The highest BCUT2D eigenvalue weighted by atomic mass is 16.5. The molecule has 0 aliphatic rings. The van der Waals surface area contributed by atoms with Crippen molar-refractivity contribution in [2.75, 3.05) is 0 Å². The van der Waals surface area contributed by atoms with Crippen LogP contribution in [0.5, 0.6) is 0 Å². The summed E-state index contributed by atoms with van der Waals surface area (Å²) in [5.74, 6) is -1.95. The Kier molecular flexibility index (Phi) is 5.44. The van der Waals surface area contributed by atoms with Gasteiger partial charge in [0, 0.05) is 0 Å². The number of rotatable bonds is 7. The number of aliphatic carboxylic acids is 1. The average molecular weight is 250 g/mol. The minimum atomic E-state index is -1.20. The van der Waals surface area contributed by atoms with Crippen molar-refractivity contribution in [3.63, 3.8) is 0 Å². The van der Waals surface area contributed by atoms with E-state index in [1.165, 1.54) is 6.26 Å². The Bertz CT molecular complexity index is 422. The predicted molar refractivity (Wildman–Crippen MR) is 63.5 cm³/mol. The normalized spacial score (nSPS) is 9.56. The molecule has 1 N–H and O–H groups in total. The number of carboxylic acid groups (broad SMARTS) is 1. The van der Waals surface area contributed by atoms with Crippen molar-refractivity contribution in [2.24, 2.45) is 0 Å². The van der Waals surface area contributed by atoms with Gasteiger partial charge in [-0.05, 0) is 11.1 Å². The number of esters is 1. The van der Waals surface area contributed by atoms with Crippen molar-refractivity contribution >= 4 is 11.9 Å². The fourth-order valence-corrected chi connectivity index (χ4v) is 1.23. The Morgan fingerprint density at radius 3 is 2.22 bits per heavy atom. The smallest absolute Gasteiger partial charge is 0.317 e. The summed E-state index contributed by atoms with van der Waals surface area (Å²) >= 11 is 0. The van der Waals surface area contributed by atoms with E-state index >= 15 is 0 Å². The summed E-state index contributed by atoms with van der Waals surface area (Å²) in [5, 5.41) is 8.38. The molecule has 5 heteroatoms. The minimum Gasteiger partial charge on any atom is -0.497 e. The fraction of sp³-hybridized carbons (Fsp3) is 0.231. The molecule has 1 aromatic rings. The van der Waals surface area contributed by atoms with Crippen LogP contribution < -0.4 is 0 Å². The molecule has 0 bridgehead atoms. The van der Waals surface area contributed by atoms with E-state index in [0.29, 0.717) is 6.61 Å². The van der Waals surface area contributed by atoms with Crippen LogP contribution in [0, 0.1) is 0 Å². The van der Waals surface area contributed by atoms with Crippen molar-refractivity contribution < 1.29 is 24.2 Å². The van der Waals surface area contributed by atoms with Crippen LogP contribution in [0.3, 0.4) is 0 Å². The van der Waals surface area contributed by atoms with Gasteiger partial charge >= 0.3 is 11.9 Å². The summed E-state index contributed by atoms with van der Waals surface area (Å²) in [6.45, 7) is 3.94. The van der Waals surface area contributed by atoms with Crippen molar-refractivity contribution in [3.8, 4) is 0 Å². The van der Waals surface area contributed by atoms with E-state index in [-0.39, 0.29) is 6.61 Å². The molecule has 0 aliphatic carbocycles. The molecule has 1 aromatic carbocycles. The molecule has 0 amide bonds. The third kappa shape index (κ3) is 5.16. The van der Waals surface area contributed by atoms with Gasteiger partial charge in [-0.1, -0.05) is 30.8 Å². The molecule has 0 atom stereocenters. The lowest BCUT2D eigenvalue weighted by molar-refractivity contribution is -0.152. The van der Waals surface area contributed by atoms with E-state index in [1.54, 1.807) is 12.1 Å². The predicted octanol–water partition coefficient (Wildman–Crippen LogP) is 1.86. The zero-order chi connectivity index (χ0) is 13.4. The van der Waals surface area contributed by atoms with Crippen LogP contribution >= 0.6 is 0 Å². The maximum absolute atomic E-state index is 11.0. The van der Waals surface area contributed by atoms with Gasteiger partial charge in [0.2, 0.25) is 0 Å². The van der Waals surface area contributed by atoms with Gasteiger partial charge in [-0.3, -0.25) is 9.59 Å². The number of carbonyl (C=O) groups excluding carboxylic acids is 1. The number of hydrogen-bond acceptors (Lipinski definition) is 4. The van der Waals surface area contributed by atoms with Gasteiger partial charge in [0.15, 0.2) is 0 Å². The van der Waals surface area contributed by atoms with Gasteiger partial charge in [0.05, 0.1) is 6.26 Å². The van der Waals surface area contributed by atoms with Crippen LogP contribution in [-0.2, 0) is 32.3 Å². The summed E-state index contributed by atoms with van der Waals surface area (Å²) < 4.78 is 9.81. The molecule has 0 heterocycles. The van der Waals surface area contributed by atoms with Crippen LogP contribution in [0.25, 0.3) is 0 Å². The summed E-state index contributed by atoms with van der Waals surface area (Å²) in [7, 11) is 0. The monoisotopic (exact) mass is 250 g/mol. The maximum atomic E-state index is 11.0. The Morgan fingerprint density at radius 2 is 1.72 bits per heavy atom. The molecule has 0 radical (unpaired) electrons. The standard InChI is InChI=1S/C13H14O5/c1-2-17-8-10-3-5-11(6-4-10)9-18-13(16)7-12(14)15/h2-6H,1,7-9H2,(H,14,15). The molecule has 1 rings (SSSR count). The van der Waals surface area contributed by atoms with Gasteiger partial charge in [-0.15, -0.1) is 0 Å². The van der Waals surface area contributed by atoms with Crippen LogP contribution in [-0.4, -0.2) is 17.0 Å². The topological polar surface area (TPSA) is 72.8 Å². The third-order valence-electron chi connectivity index (χ3n) is 2.09. The van der Waals surface area contributed by atoms with Crippen LogP contribution in [0.15, 0.2) is 37.1 Å². The van der Waals surface area contributed by atoms with Gasteiger partial charge in [0.25, 0.3) is 0 Å². The van der Waals surface area contributed by atoms with Crippen molar-refractivity contribution in [3.05, 3.63) is 48.2 Å². The first kappa shape index (κ1) is 13.8. The molecule has 0 spiro atoms.